The summed E-state index contributed by atoms with van der Waals surface area (Å²) in [5, 5.41) is 8.64. The fraction of sp³-hybridized carbons (Fsp3) is 0.333. The summed E-state index contributed by atoms with van der Waals surface area (Å²) in [5.41, 5.74) is 0.315. The highest BCUT2D eigenvalue weighted by Crippen LogP contribution is 2.29. The molecule has 0 unspecified atom stereocenters. The summed E-state index contributed by atoms with van der Waals surface area (Å²) in [6.45, 7) is 0. The van der Waals surface area contributed by atoms with Crippen molar-refractivity contribution in [2.24, 2.45) is 0 Å². The first-order valence-electron chi connectivity index (χ1n) is 4.44. The number of aromatic nitrogens is 1. The first-order valence-corrected chi connectivity index (χ1v) is 6.06. The van der Waals surface area contributed by atoms with Crippen molar-refractivity contribution in [1.29, 1.82) is 0 Å². The molecule has 0 saturated heterocycles. The molecule has 1 aromatic rings. The number of ether oxygens (including phenoxy) is 1. The van der Waals surface area contributed by atoms with Gasteiger partial charge in [0.1, 0.15) is 3.70 Å². The maximum absolute atomic E-state index is 12.1. The molecule has 0 saturated carbocycles. The number of halogens is 5. The lowest BCUT2D eigenvalue weighted by atomic mass is 10.1. The topological polar surface area (TPSA) is 59.4 Å². The van der Waals surface area contributed by atoms with Crippen LogP contribution in [0.4, 0.5) is 13.2 Å². The van der Waals surface area contributed by atoms with Crippen LogP contribution in [0.15, 0.2) is 6.07 Å². The Balaban J connectivity index is 3.13. The molecule has 0 spiro atoms. The average Bonchev–Trinajstić information content (AvgIpc) is 2.19. The van der Waals surface area contributed by atoms with E-state index in [-0.39, 0.29) is 20.8 Å². The number of hydrogen-bond donors (Lipinski definition) is 1. The van der Waals surface area contributed by atoms with Crippen molar-refractivity contribution in [1.82, 2.24) is 4.98 Å². The second kappa shape index (κ2) is 5.91. The summed E-state index contributed by atoms with van der Waals surface area (Å²) in [7, 11) is 0. The zero-order valence-corrected chi connectivity index (χ0v) is 11.5. The maximum Gasteiger partial charge on any atom is 0.573 e. The summed E-state index contributed by atoms with van der Waals surface area (Å²) in [6, 6.07) is 1.05. The smallest absolute Gasteiger partial charge is 0.481 e. The molecule has 4 nitrogen and oxygen atoms in total. The molecule has 1 aromatic heterocycles. The molecule has 1 heterocycles. The minimum atomic E-state index is -4.83. The second-order valence-corrected chi connectivity index (χ2v) is 4.42. The van der Waals surface area contributed by atoms with Gasteiger partial charge in [0, 0.05) is 5.88 Å². The van der Waals surface area contributed by atoms with Crippen LogP contribution < -0.4 is 4.74 Å². The Hall–Kier alpha value is -0.770. The van der Waals surface area contributed by atoms with Crippen molar-refractivity contribution < 1.29 is 27.8 Å². The van der Waals surface area contributed by atoms with Crippen LogP contribution in [0.1, 0.15) is 11.3 Å². The molecule has 9 heteroatoms. The van der Waals surface area contributed by atoms with E-state index in [4.69, 9.17) is 16.7 Å². The van der Waals surface area contributed by atoms with Crippen LogP contribution in [0, 0.1) is 3.70 Å². The van der Waals surface area contributed by atoms with E-state index in [1.165, 1.54) is 22.6 Å². The van der Waals surface area contributed by atoms with E-state index in [1.807, 2.05) is 0 Å². The number of carbonyl (C=O) groups is 1. The standard InChI is InChI=1S/C9H6ClF3INO3/c10-3-4-1-6(18-9(11,12)13)8(14)15-5(4)2-7(16)17/h1H,2-3H2,(H,16,17). The Morgan fingerprint density at radius 2 is 2.17 bits per heavy atom. The van der Waals surface area contributed by atoms with Crippen LogP contribution in [-0.2, 0) is 17.1 Å². The third-order valence-electron chi connectivity index (χ3n) is 1.80. The highest BCUT2D eigenvalue weighted by atomic mass is 127. The van der Waals surface area contributed by atoms with Crippen molar-refractivity contribution in [3.8, 4) is 5.75 Å². The molecule has 0 radical (unpaired) electrons. The summed E-state index contributed by atoms with van der Waals surface area (Å²) >= 11 is 7.07. The van der Waals surface area contributed by atoms with Gasteiger partial charge in [-0.2, -0.15) is 0 Å². The molecule has 0 aromatic carbocycles. The van der Waals surface area contributed by atoms with Gasteiger partial charge in [0.2, 0.25) is 0 Å². The maximum atomic E-state index is 12.1. The molecule has 100 valence electrons. The first kappa shape index (κ1) is 15.3. The average molecular weight is 396 g/mol. The Morgan fingerprint density at radius 3 is 2.61 bits per heavy atom. The summed E-state index contributed by atoms with van der Waals surface area (Å²) in [6.07, 6.45) is -5.25. The van der Waals surface area contributed by atoms with E-state index in [9.17, 15) is 18.0 Å². The number of rotatable bonds is 4. The summed E-state index contributed by atoms with van der Waals surface area (Å²) < 4.78 is 39.9. The van der Waals surface area contributed by atoms with Gasteiger partial charge in [0.25, 0.3) is 0 Å². The molecule has 0 fully saturated rings. The van der Waals surface area contributed by atoms with Crippen LogP contribution >= 0.6 is 34.2 Å². The fourth-order valence-electron chi connectivity index (χ4n) is 1.15. The van der Waals surface area contributed by atoms with Gasteiger partial charge in [0.15, 0.2) is 5.75 Å². The molecule has 0 atom stereocenters. The second-order valence-electron chi connectivity index (χ2n) is 3.14. The van der Waals surface area contributed by atoms with Crippen molar-refractivity contribution in [2.45, 2.75) is 18.7 Å². The lowest BCUT2D eigenvalue weighted by molar-refractivity contribution is -0.275. The van der Waals surface area contributed by atoms with Crippen LogP contribution in [0.3, 0.4) is 0 Å². The Morgan fingerprint density at radius 1 is 1.56 bits per heavy atom. The number of carboxylic acid groups (broad SMARTS) is 1. The molecule has 1 rings (SSSR count). The predicted molar refractivity (Wildman–Crippen MR) is 64.5 cm³/mol. The van der Waals surface area contributed by atoms with Gasteiger partial charge in [0.05, 0.1) is 12.1 Å². The number of nitrogens with zero attached hydrogens (tertiary/aromatic N) is 1. The van der Waals surface area contributed by atoms with Gasteiger partial charge in [-0.15, -0.1) is 24.8 Å². The number of hydrogen-bond acceptors (Lipinski definition) is 3. The molecule has 0 aliphatic heterocycles. The van der Waals surface area contributed by atoms with E-state index in [1.54, 1.807) is 0 Å². The Bertz CT molecular complexity index is 467. The van der Waals surface area contributed by atoms with Gasteiger partial charge in [-0.25, -0.2) is 4.98 Å². The minimum absolute atomic E-state index is 0.0740. The van der Waals surface area contributed by atoms with E-state index >= 15 is 0 Å². The molecule has 0 amide bonds. The molecule has 0 bridgehead atoms. The third kappa shape index (κ3) is 4.48. The number of carboxylic acids is 1. The van der Waals surface area contributed by atoms with E-state index in [2.05, 4.69) is 9.72 Å². The predicted octanol–water partition coefficient (Wildman–Crippen LogP) is 2.95. The van der Waals surface area contributed by atoms with Crippen LogP contribution in [0.25, 0.3) is 0 Å². The zero-order chi connectivity index (χ0) is 13.9. The highest BCUT2D eigenvalue weighted by Gasteiger charge is 2.32. The molecule has 1 N–H and O–H groups in total. The molecular formula is C9H6ClF3INO3. The van der Waals surface area contributed by atoms with Gasteiger partial charge >= 0.3 is 12.3 Å². The first-order chi connectivity index (χ1) is 8.23. The van der Waals surface area contributed by atoms with Gasteiger partial charge in [-0.1, -0.05) is 0 Å². The fourth-order valence-corrected chi connectivity index (χ4v) is 1.94. The van der Waals surface area contributed by atoms with Gasteiger partial charge < -0.3 is 9.84 Å². The quantitative estimate of drug-likeness (QED) is 0.484. The molecule has 0 aliphatic rings. The normalized spacial score (nSPS) is 11.4. The number of pyridine rings is 1. The van der Waals surface area contributed by atoms with Crippen molar-refractivity contribution in [2.75, 3.05) is 0 Å². The van der Waals surface area contributed by atoms with E-state index in [0.29, 0.717) is 0 Å². The largest absolute Gasteiger partial charge is 0.573 e. The van der Waals surface area contributed by atoms with Gasteiger partial charge in [-0.05, 0) is 34.2 Å². The van der Waals surface area contributed by atoms with Crippen LogP contribution in [0.2, 0.25) is 0 Å². The minimum Gasteiger partial charge on any atom is -0.481 e. The number of aliphatic carboxylic acids is 1. The molecule has 0 aliphatic carbocycles. The van der Waals surface area contributed by atoms with Crippen molar-refractivity contribution in [3.05, 3.63) is 21.0 Å². The highest BCUT2D eigenvalue weighted by molar-refractivity contribution is 14.1. The lowest BCUT2D eigenvalue weighted by Crippen LogP contribution is -2.19. The SMILES string of the molecule is O=C(O)Cc1nc(I)c(OC(F)(F)F)cc1CCl. The van der Waals surface area contributed by atoms with E-state index in [0.717, 1.165) is 6.07 Å². The van der Waals surface area contributed by atoms with Crippen LogP contribution in [-0.4, -0.2) is 22.4 Å². The summed E-state index contributed by atoms with van der Waals surface area (Å²) in [5.74, 6) is -1.79. The van der Waals surface area contributed by atoms with E-state index < -0.39 is 24.5 Å². The lowest BCUT2D eigenvalue weighted by Gasteiger charge is -2.13. The molecule has 18 heavy (non-hydrogen) atoms. The Kier molecular flexibility index (Phi) is 5.02. The summed E-state index contributed by atoms with van der Waals surface area (Å²) in [4.78, 5) is 14.3. The molecular weight excluding hydrogens is 389 g/mol. The van der Waals surface area contributed by atoms with Gasteiger partial charge in [-0.3, -0.25) is 4.79 Å². The zero-order valence-electron chi connectivity index (χ0n) is 8.59. The monoisotopic (exact) mass is 395 g/mol. The Labute approximate surface area is 118 Å². The number of alkyl halides is 4. The third-order valence-corrected chi connectivity index (χ3v) is 2.86. The van der Waals surface area contributed by atoms with Crippen molar-refractivity contribution in [3.63, 3.8) is 0 Å². The van der Waals surface area contributed by atoms with Crippen molar-refractivity contribution >= 4 is 40.2 Å². The van der Waals surface area contributed by atoms with Crippen LogP contribution in [0.5, 0.6) is 5.75 Å².